The fourth-order valence-corrected chi connectivity index (χ4v) is 3.79. The van der Waals surface area contributed by atoms with Crippen molar-refractivity contribution in [2.75, 3.05) is 13.1 Å². The van der Waals surface area contributed by atoms with E-state index in [1.807, 2.05) is 0 Å². The number of amides is 1. The molecule has 0 bridgehead atoms. The van der Waals surface area contributed by atoms with Crippen molar-refractivity contribution < 1.29 is 44.7 Å². The van der Waals surface area contributed by atoms with Crippen molar-refractivity contribution in [3.63, 3.8) is 0 Å². The van der Waals surface area contributed by atoms with E-state index in [1.54, 1.807) is 0 Å². The number of nitrogens with zero attached hydrogens (tertiary/aromatic N) is 1. The molecule has 3 aromatic rings. The fourth-order valence-electron chi connectivity index (χ4n) is 3.79. The molecule has 3 heterocycles. The number of benzene rings is 1. The largest absolute Gasteiger partial charge is 0.489 e. The highest BCUT2D eigenvalue weighted by molar-refractivity contribution is 6.07. The summed E-state index contributed by atoms with van der Waals surface area (Å²) in [6.07, 6.45) is -7.10. The van der Waals surface area contributed by atoms with E-state index in [9.17, 15) is 35.5 Å². The normalized spacial score (nSPS) is 18.1. The minimum Gasteiger partial charge on any atom is -0.489 e. The zero-order valence-corrected chi connectivity index (χ0v) is 17.8. The molecule has 1 fully saturated rings. The zero-order chi connectivity index (χ0) is 25.4. The molecule has 0 saturated carbocycles. The molecule has 188 valence electrons. The lowest BCUT2D eigenvalue weighted by Gasteiger charge is -2.32. The van der Waals surface area contributed by atoms with Gasteiger partial charge in [-0.3, -0.25) is 9.78 Å². The van der Waals surface area contributed by atoms with Gasteiger partial charge in [-0.2, -0.15) is 13.2 Å². The van der Waals surface area contributed by atoms with E-state index in [0.29, 0.717) is 0 Å². The van der Waals surface area contributed by atoms with Gasteiger partial charge in [-0.1, -0.05) is 6.07 Å². The van der Waals surface area contributed by atoms with Crippen LogP contribution >= 0.6 is 0 Å². The number of carbonyl (C=O) groups is 1. The van der Waals surface area contributed by atoms with E-state index >= 15 is 0 Å². The van der Waals surface area contributed by atoms with Crippen molar-refractivity contribution in [2.24, 2.45) is 0 Å². The number of alkyl halides is 7. The molecule has 1 atom stereocenters. The summed E-state index contributed by atoms with van der Waals surface area (Å²) in [6, 6.07) is 4.45. The van der Waals surface area contributed by atoms with Gasteiger partial charge in [-0.25, -0.2) is 17.6 Å². The van der Waals surface area contributed by atoms with Crippen LogP contribution in [0.5, 0.6) is 5.75 Å². The number of aromatic nitrogens is 1. The number of furan rings is 1. The average molecular weight is 505 g/mol. The maximum absolute atomic E-state index is 14.1. The molecule has 1 aromatic carbocycles. The Hall–Kier alpha value is -3.35. The predicted molar refractivity (Wildman–Crippen MR) is 108 cm³/mol. The van der Waals surface area contributed by atoms with Crippen molar-refractivity contribution in [1.29, 1.82) is 0 Å². The number of piperidine rings is 1. The van der Waals surface area contributed by atoms with Gasteiger partial charge in [0.2, 0.25) is 0 Å². The van der Waals surface area contributed by atoms with Gasteiger partial charge in [-0.05, 0) is 37.2 Å². The molecule has 0 aliphatic carbocycles. The monoisotopic (exact) mass is 505 g/mol. The summed E-state index contributed by atoms with van der Waals surface area (Å²) in [5.74, 6) is -5.56. The molecular formula is C22H18F7N3O3. The van der Waals surface area contributed by atoms with Crippen LogP contribution in [0.1, 0.15) is 40.2 Å². The molecule has 4 rings (SSSR count). The number of fused-ring (bicyclic) bond motifs is 1. The molecule has 6 nitrogen and oxygen atoms in total. The van der Waals surface area contributed by atoms with Crippen LogP contribution in [0.4, 0.5) is 30.7 Å². The zero-order valence-electron chi connectivity index (χ0n) is 17.8. The standard InChI is InChI=1S/C22H18F7N3O3/c23-19(24)17-16(20(33)32-15-5-7-30-10-21(15,25)26)13-8-12(3-4-14(13)35-17)34-9-11-2-1-6-31-18(11)22(27,28)29/h1-4,6,8,15,19,30H,5,7,9-10H2,(H,32,33). The lowest BCUT2D eigenvalue weighted by atomic mass is 10.0. The number of hydrogen-bond acceptors (Lipinski definition) is 5. The Kier molecular flexibility index (Phi) is 6.62. The SMILES string of the molecule is O=C(NC1CCNCC1(F)F)c1c(C(F)F)oc2ccc(OCc3cccnc3C(F)(F)F)cc12. The summed E-state index contributed by atoms with van der Waals surface area (Å²) in [6.45, 7) is -1.05. The third-order valence-electron chi connectivity index (χ3n) is 5.45. The van der Waals surface area contributed by atoms with Crippen molar-refractivity contribution in [2.45, 2.75) is 37.6 Å². The maximum Gasteiger partial charge on any atom is 0.433 e. The number of pyridine rings is 1. The first-order chi connectivity index (χ1) is 16.5. The number of halogens is 7. The molecular weight excluding hydrogens is 487 g/mol. The van der Waals surface area contributed by atoms with Gasteiger partial charge >= 0.3 is 6.18 Å². The average Bonchev–Trinajstić information content (AvgIpc) is 3.18. The topological polar surface area (TPSA) is 76.4 Å². The number of ether oxygens (including phenoxy) is 1. The smallest absolute Gasteiger partial charge is 0.433 e. The fraction of sp³-hybridized carbons (Fsp3) is 0.364. The summed E-state index contributed by atoms with van der Waals surface area (Å²) in [4.78, 5) is 16.1. The Morgan fingerprint density at radius 3 is 2.74 bits per heavy atom. The minimum atomic E-state index is -4.72. The van der Waals surface area contributed by atoms with Crippen LogP contribution in [0, 0.1) is 0 Å². The Bertz CT molecular complexity index is 1230. The second-order valence-electron chi connectivity index (χ2n) is 7.85. The van der Waals surface area contributed by atoms with Crippen LogP contribution in [-0.2, 0) is 12.8 Å². The van der Waals surface area contributed by atoms with Crippen molar-refractivity contribution >= 4 is 16.9 Å². The van der Waals surface area contributed by atoms with Crippen molar-refractivity contribution in [1.82, 2.24) is 15.6 Å². The minimum absolute atomic E-state index is 0.0580. The predicted octanol–water partition coefficient (Wildman–Crippen LogP) is 5.09. The first kappa shape index (κ1) is 24.8. The van der Waals surface area contributed by atoms with E-state index in [1.165, 1.54) is 24.3 Å². The van der Waals surface area contributed by atoms with Crippen LogP contribution in [0.15, 0.2) is 40.9 Å². The Morgan fingerprint density at radius 1 is 1.29 bits per heavy atom. The summed E-state index contributed by atoms with van der Waals surface area (Å²) in [7, 11) is 0. The first-order valence-electron chi connectivity index (χ1n) is 10.4. The van der Waals surface area contributed by atoms with Crippen LogP contribution in [0.3, 0.4) is 0 Å². The van der Waals surface area contributed by atoms with Gasteiger partial charge in [0.25, 0.3) is 18.3 Å². The van der Waals surface area contributed by atoms with E-state index in [2.05, 4.69) is 15.6 Å². The quantitative estimate of drug-likeness (QED) is 0.457. The molecule has 0 spiro atoms. The number of rotatable bonds is 6. The van der Waals surface area contributed by atoms with Crippen molar-refractivity contribution in [3.8, 4) is 5.75 Å². The molecule has 35 heavy (non-hydrogen) atoms. The van der Waals surface area contributed by atoms with Gasteiger partial charge in [0.15, 0.2) is 11.5 Å². The van der Waals surface area contributed by atoms with Crippen molar-refractivity contribution in [3.05, 3.63) is 59.1 Å². The van der Waals surface area contributed by atoms with Gasteiger partial charge in [0.1, 0.15) is 17.9 Å². The lowest BCUT2D eigenvalue weighted by Crippen LogP contribution is -2.57. The molecule has 1 aliphatic rings. The number of hydrogen-bond donors (Lipinski definition) is 2. The van der Waals surface area contributed by atoms with E-state index in [-0.39, 0.29) is 35.2 Å². The van der Waals surface area contributed by atoms with E-state index in [0.717, 1.165) is 12.3 Å². The second-order valence-corrected chi connectivity index (χ2v) is 7.85. The second kappa shape index (κ2) is 9.36. The van der Waals surface area contributed by atoms with E-state index in [4.69, 9.17) is 9.15 Å². The summed E-state index contributed by atoms with van der Waals surface area (Å²) in [5, 5.41) is 4.44. The molecule has 2 N–H and O–H groups in total. The highest BCUT2D eigenvalue weighted by Crippen LogP contribution is 2.36. The Balaban J connectivity index is 1.64. The summed E-state index contributed by atoms with van der Waals surface area (Å²) in [5.41, 5.74) is -2.21. The molecule has 1 aliphatic heterocycles. The van der Waals surface area contributed by atoms with E-state index < -0.39 is 60.6 Å². The maximum atomic E-state index is 14.1. The Labute approximate surface area is 193 Å². The molecule has 1 amide bonds. The lowest BCUT2D eigenvalue weighted by molar-refractivity contribution is -0.142. The molecule has 1 saturated heterocycles. The summed E-state index contributed by atoms with van der Waals surface area (Å²) < 4.78 is 105. The van der Waals surface area contributed by atoms with Gasteiger partial charge in [0, 0.05) is 17.1 Å². The van der Waals surface area contributed by atoms with Crippen LogP contribution < -0.4 is 15.4 Å². The number of carbonyl (C=O) groups excluding carboxylic acids is 1. The van der Waals surface area contributed by atoms with Crippen LogP contribution in [-0.4, -0.2) is 35.9 Å². The van der Waals surface area contributed by atoms with Gasteiger partial charge < -0.3 is 19.8 Å². The molecule has 0 radical (unpaired) electrons. The van der Waals surface area contributed by atoms with Crippen LogP contribution in [0.25, 0.3) is 11.0 Å². The molecule has 13 heteroatoms. The molecule has 1 unspecified atom stereocenters. The highest BCUT2D eigenvalue weighted by Gasteiger charge is 2.43. The third kappa shape index (κ3) is 5.19. The highest BCUT2D eigenvalue weighted by atomic mass is 19.4. The van der Waals surface area contributed by atoms with Gasteiger partial charge in [-0.15, -0.1) is 0 Å². The van der Waals surface area contributed by atoms with Gasteiger partial charge in [0.05, 0.1) is 18.2 Å². The van der Waals surface area contributed by atoms with Crippen LogP contribution in [0.2, 0.25) is 0 Å². The first-order valence-corrected chi connectivity index (χ1v) is 10.4. The Morgan fingerprint density at radius 2 is 2.06 bits per heavy atom. The molecule has 2 aromatic heterocycles. The third-order valence-corrected chi connectivity index (χ3v) is 5.45. The number of nitrogens with one attached hydrogen (secondary N) is 2. The summed E-state index contributed by atoms with van der Waals surface area (Å²) >= 11 is 0.